The molecule has 1 aliphatic heterocycles. The highest BCUT2D eigenvalue weighted by atomic mass is 16.2. The Morgan fingerprint density at radius 2 is 2.11 bits per heavy atom. The summed E-state index contributed by atoms with van der Waals surface area (Å²) < 4.78 is 0. The lowest BCUT2D eigenvalue weighted by atomic mass is 10.1. The number of nitrogens with two attached hydrogens (primary N) is 1. The molecule has 5 heteroatoms. The van der Waals surface area contributed by atoms with Gasteiger partial charge >= 0.3 is 6.03 Å². The zero-order chi connectivity index (χ0) is 12.8. The van der Waals surface area contributed by atoms with E-state index in [1.165, 1.54) is 5.56 Å². The van der Waals surface area contributed by atoms with Crippen LogP contribution >= 0.6 is 0 Å². The molecule has 0 bridgehead atoms. The van der Waals surface area contributed by atoms with Crippen molar-refractivity contribution in [2.75, 3.05) is 13.1 Å². The Bertz CT molecular complexity index is 430. The van der Waals surface area contributed by atoms with Crippen LogP contribution in [0.3, 0.4) is 0 Å². The molecule has 0 fully saturated rings. The number of carbonyl (C=O) groups is 1. The summed E-state index contributed by atoms with van der Waals surface area (Å²) >= 11 is 0. The lowest BCUT2D eigenvalue weighted by Crippen LogP contribution is -2.42. The van der Waals surface area contributed by atoms with Gasteiger partial charge in [-0.05, 0) is 11.6 Å². The minimum Gasteiger partial charge on any atom is -0.350 e. The van der Waals surface area contributed by atoms with Crippen molar-refractivity contribution in [2.24, 2.45) is 5.73 Å². The second-order valence-corrected chi connectivity index (χ2v) is 4.31. The van der Waals surface area contributed by atoms with Gasteiger partial charge in [0.1, 0.15) is 0 Å². The second kappa shape index (κ2) is 6.07. The molecule has 0 saturated carbocycles. The van der Waals surface area contributed by atoms with Crippen molar-refractivity contribution >= 4 is 6.03 Å². The molecular formula is C13H18N4O. The van der Waals surface area contributed by atoms with Gasteiger partial charge in [-0.3, -0.25) is 10.3 Å². The Hall–Kier alpha value is -2.01. The molecule has 0 aliphatic carbocycles. The van der Waals surface area contributed by atoms with E-state index >= 15 is 0 Å². The Morgan fingerprint density at radius 1 is 1.33 bits per heavy atom. The topological polar surface area (TPSA) is 70.4 Å². The van der Waals surface area contributed by atoms with Crippen molar-refractivity contribution in [3.63, 3.8) is 0 Å². The smallest absolute Gasteiger partial charge is 0.330 e. The Kier molecular flexibility index (Phi) is 4.20. The Labute approximate surface area is 107 Å². The lowest BCUT2D eigenvalue weighted by molar-refractivity contribution is 0.244. The number of benzene rings is 1. The fraction of sp³-hybridized carbons (Fsp3) is 0.308. The number of rotatable bonds is 4. The summed E-state index contributed by atoms with van der Waals surface area (Å²) in [5.74, 6) is 0. The van der Waals surface area contributed by atoms with Crippen molar-refractivity contribution in [1.82, 2.24) is 15.8 Å². The summed E-state index contributed by atoms with van der Waals surface area (Å²) in [7, 11) is 0. The fourth-order valence-corrected chi connectivity index (χ4v) is 1.95. The van der Waals surface area contributed by atoms with E-state index in [2.05, 4.69) is 46.1 Å². The van der Waals surface area contributed by atoms with Crippen molar-refractivity contribution in [1.29, 1.82) is 0 Å². The molecule has 96 valence electrons. The average Bonchev–Trinajstić information content (AvgIpc) is 2.39. The summed E-state index contributed by atoms with van der Waals surface area (Å²) in [4.78, 5) is 12.9. The predicted octanol–water partition coefficient (Wildman–Crippen LogP) is 0.949. The largest absolute Gasteiger partial charge is 0.350 e. The third-order valence-electron chi connectivity index (χ3n) is 2.89. The Balaban J connectivity index is 1.81. The lowest BCUT2D eigenvalue weighted by Gasteiger charge is -2.26. The molecule has 1 heterocycles. The SMILES string of the molecule is NC(=O)NNC1=CCN(Cc2ccccc2)CC1. The van der Waals surface area contributed by atoms with Crippen molar-refractivity contribution < 1.29 is 4.79 Å². The molecule has 2 rings (SSSR count). The van der Waals surface area contributed by atoms with Gasteiger partial charge in [0.05, 0.1) is 0 Å². The highest BCUT2D eigenvalue weighted by Crippen LogP contribution is 2.11. The van der Waals surface area contributed by atoms with Crippen molar-refractivity contribution in [3.05, 3.63) is 47.7 Å². The molecule has 0 unspecified atom stereocenters. The van der Waals surface area contributed by atoms with Crippen LogP contribution < -0.4 is 16.6 Å². The van der Waals surface area contributed by atoms with Crippen LogP contribution in [0.25, 0.3) is 0 Å². The minimum absolute atomic E-state index is 0.567. The molecule has 0 spiro atoms. The molecule has 1 aromatic rings. The van der Waals surface area contributed by atoms with Gasteiger partial charge in [-0.2, -0.15) is 0 Å². The van der Waals surface area contributed by atoms with E-state index in [4.69, 9.17) is 5.73 Å². The number of hydrazine groups is 1. The predicted molar refractivity (Wildman–Crippen MR) is 70.3 cm³/mol. The van der Waals surface area contributed by atoms with Gasteiger partial charge in [0.25, 0.3) is 0 Å². The number of hydrogen-bond donors (Lipinski definition) is 3. The molecule has 2 amide bonds. The number of nitrogens with one attached hydrogen (secondary N) is 2. The van der Waals surface area contributed by atoms with Crippen LogP contribution in [-0.2, 0) is 6.54 Å². The number of urea groups is 1. The minimum atomic E-state index is -0.567. The van der Waals surface area contributed by atoms with Crippen molar-refractivity contribution in [2.45, 2.75) is 13.0 Å². The zero-order valence-electron chi connectivity index (χ0n) is 10.2. The molecule has 18 heavy (non-hydrogen) atoms. The summed E-state index contributed by atoms with van der Waals surface area (Å²) in [6.45, 7) is 2.79. The van der Waals surface area contributed by atoms with Crippen LogP contribution in [0.1, 0.15) is 12.0 Å². The van der Waals surface area contributed by atoms with Crippen LogP contribution in [0.4, 0.5) is 4.79 Å². The molecule has 0 radical (unpaired) electrons. The van der Waals surface area contributed by atoms with Crippen LogP contribution in [0.5, 0.6) is 0 Å². The number of carbonyl (C=O) groups excluding carboxylic acids is 1. The fourth-order valence-electron chi connectivity index (χ4n) is 1.95. The molecule has 4 N–H and O–H groups in total. The summed E-state index contributed by atoms with van der Waals surface area (Å²) in [5, 5.41) is 0. The van der Waals surface area contributed by atoms with E-state index in [1.54, 1.807) is 0 Å². The van der Waals surface area contributed by atoms with Gasteiger partial charge in [0.15, 0.2) is 0 Å². The van der Waals surface area contributed by atoms with E-state index in [0.717, 1.165) is 31.8 Å². The normalized spacial score (nSPS) is 15.9. The maximum atomic E-state index is 10.6. The quantitative estimate of drug-likeness (QED) is 0.693. The molecule has 0 atom stereocenters. The third-order valence-corrected chi connectivity index (χ3v) is 2.89. The van der Waals surface area contributed by atoms with E-state index in [-0.39, 0.29) is 0 Å². The van der Waals surface area contributed by atoms with Gasteiger partial charge in [-0.25, -0.2) is 4.79 Å². The first-order valence-electron chi connectivity index (χ1n) is 6.01. The second-order valence-electron chi connectivity index (χ2n) is 4.31. The highest BCUT2D eigenvalue weighted by molar-refractivity contribution is 5.71. The van der Waals surface area contributed by atoms with Crippen LogP contribution in [-0.4, -0.2) is 24.0 Å². The van der Waals surface area contributed by atoms with Crippen LogP contribution in [0.15, 0.2) is 42.1 Å². The summed E-state index contributed by atoms with van der Waals surface area (Å²) in [5.41, 5.74) is 12.5. The van der Waals surface area contributed by atoms with Gasteiger partial charge < -0.3 is 11.2 Å². The summed E-state index contributed by atoms with van der Waals surface area (Å²) in [6.07, 6.45) is 2.95. The van der Waals surface area contributed by atoms with Gasteiger partial charge in [-0.1, -0.05) is 30.3 Å². The van der Waals surface area contributed by atoms with E-state index in [0.29, 0.717) is 0 Å². The maximum absolute atomic E-state index is 10.6. The van der Waals surface area contributed by atoms with E-state index in [1.807, 2.05) is 6.07 Å². The summed E-state index contributed by atoms with van der Waals surface area (Å²) in [6, 6.07) is 9.83. The van der Waals surface area contributed by atoms with Crippen LogP contribution in [0.2, 0.25) is 0 Å². The van der Waals surface area contributed by atoms with Gasteiger partial charge in [-0.15, -0.1) is 0 Å². The highest BCUT2D eigenvalue weighted by Gasteiger charge is 2.11. The molecule has 5 nitrogen and oxygen atoms in total. The Morgan fingerprint density at radius 3 is 2.72 bits per heavy atom. The first-order chi connectivity index (χ1) is 8.74. The molecule has 1 aromatic carbocycles. The zero-order valence-corrected chi connectivity index (χ0v) is 10.2. The number of primary amides is 1. The number of nitrogens with zero attached hydrogens (tertiary/aromatic N) is 1. The van der Waals surface area contributed by atoms with Gasteiger partial charge in [0, 0.05) is 31.8 Å². The average molecular weight is 246 g/mol. The molecule has 1 aliphatic rings. The maximum Gasteiger partial charge on any atom is 0.330 e. The number of amides is 2. The molecular weight excluding hydrogens is 228 g/mol. The van der Waals surface area contributed by atoms with Crippen molar-refractivity contribution in [3.8, 4) is 0 Å². The number of hydrogen-bond acceptors (Lipinski definition) is 3. The molecule has 0 saturated heterocycles. The van der Waals surface area contributed by atoms with Gasteiger partial charge in [0.2, 0.25) is 0 Å². The standard InChI is InChI=1S/C13H18N4O/c14-13(18)16-15-12-6-8-17(9-7-12)10-11-4-2-1-3-5-11/h1-6,15H,7-10H2,(H3,14,16,18). The molecule has 0 aromatic heterocycles. The first-order valence-corrected chi connectivity index (χ1v) is 6.01. The monoisotopic (exact) mass is 246 g/mol. The van der Waals surface area contributed by atoms with Crippen LogP contribution in [0, 0.1) is 0 Å². The van der Waals surface area contributed by atoms with E-state index in [9.17, 15) is 4.79 Å². The first kappa shape index (κ1) is 12.4. The van der Waals surface area contributed by atoms with E-state index < -0.39 is 6.03 Å². The third kappa shape index (κ3) is 3.78.